The van der Waals surface area contributed by atoms with Gasteiger partial charge < -0.3 is 15.4 Å². The van der Waals surface area contributed by atoms with Crippen molar-refractivity contribution < 1.29 is 14.3 Å². The van der Waals surface area contributed by atoms with E-state index in [-0.39, 0.29) is 18.4 Å². The Morgan fingerprint density at radius 1 is 0.903 bits per heavy atom. The summed E-state index contributed by atoms with van der Waals surface area (Å²) in [5, 5.41) is 5.83. The van der Waals surface area contributed by atoms with E-state index in [1.54, 1.807) is 50.2 Å². The minimum atomic E-state index is -0.495. The highest BCUT2D eigenvalue weighted by Gasteiger charge is 2.21. The predicted octanol–water partition coefficient (Wildman–Crippen LogP) is 4.26. The Hall–Kier alpha value is -3.64. The molecule has 0 saturated carbocycles. The molecule has 0 heterocycles. The fourth-order valence-corrected chi connectivity index (χ4v) is 3.14. The predicted molar refractivity (Wildman–Crippen MR) is 124 cm³/mol. The molecule has 0 aliphatic carbocycles. The molecular formula is C25H27N3O3. The lowest BCUT2D eigenvalue weighted by Gasteiger charge is -2.24. The summed E-state index contributed by atoms with van der Waals surface area (Å²) in [6.45, 7) is 1.86. The van der Waals surface area contributed by atoms with E-state index in [1.165, 1.54) is 0 Å². The van der Waals surface area contributed by atoms with Gasteiger partial charge in [-0.15, -0.1) is 0 Å². The molecule has 6 heteroatoms. The fraction of sp³-hybridized carbons (Fsp3) is 0.200. The topological polar surface area (TPSA) is 70.7 Å². The molecule has 2 N–H and O–H groups in total. The molecule has 0 aliphatic heterocycles. The SMILES string of the molecule is COc1ccc(NC(=O)CN(C)[C@@H](C)C(=O)Nc2ccccc2-c2ccccc2)cc1. The molecule has 0 bridgehead atoms. The number of nitrogens with one attached hydrogen (secondary N) is 2. The highest BCUT2D eigenvalue weighted by Crippen LogP contribution is 2.27. The largest absolute Gasteiger partial charge is 0.497 e. The van der Waals surface area contributed by atoms with Gasteiger partial charge in [-0.3, -0.25) is 14.5 Å². The number of methoxy groups -OCH3 is 1. The quantitative estimate of drug-likeness (QED) is 0.575. The van der Waals surface area contributed by atoms with Crippen molar-refractivity contribution in [3.8, 4) is 16.9 Å². The molecule has 2 amide bonds. The van der Waals surface area contributed by atoms with Crippen LogP contribution in [0.1, 0.15) is 6.92 Å². The second-order valence-corrected chi connectivity index (χ2v) is 7.27. The van der Waals surface area contributed by atoms with Crippen molar-refractivity contribution in [2.24, 2.45) is 0 Å². The number of carbonyl (C=O) groups is 2. The molecule has 160 valence electrons. The van der Waals surface area contributed by atoms with Crippen LogP contribution >= 0.6 is 0 Å². The summed E-state index contributed by atoms with van der Waals surface area (Å²) in [6.07, 6.45) is 0. The van der Waals surface area contributed by atoms with Gasteiger partial charge >= 0.3 is 0 Å². The third-order valence-electron chi connectivity index (χ3n) is 5.08. The molecular weight excluding hydrogens is 390 g/mol. The van der Waals surface area contributed by atoms with Crippen LogP contribution < -0.4 is 15.4 Å². The number of likely N-dealkylation sites (N-methyl/N-ethyl adjacent to an activating group) is 1. The molecule has 0 unspecified atom stereocenters. The fourth-order valence-electron chi connectivity index (χ4n) is 3.14. The minimum absolute atomic E-state index is 0.0843. The molecule has 3 aromatic rings. The first-order chi connectivity index (χ1) is 15.0. The summed E-state index contributed by atoms with van der Waals surface area (Å²) >= 11 is 0. The highest BCUT2D eigenvalue weighted by atomic mass is 16.5. The summed E-state index contributed by atoms with van der Waals surface area (Å²) < 4.78 is 5.12. The van der Waals surface area contributed by atoms with Crippen molar-refractivity contribution in [1.82, 2.24) is 4.90 Å². The average molecular weight is 418 g/mol. The molecule has 0 aliphatic rings. The zero-order valence-corrected chi connectivity index (χ0v) is 18.0. The van der Waals surface area contributed by atoms with Crippen LogP contribution in [0.25, 0.3) is 11.1 Å². The Morgan fingerprint density at radius 3 is 2.23 bits per heavy atom. The normalized spacial score (nSPS) is 11.6. The Kier molecular flexibility index (Phi) is 7.40. The van der Waals surface area contributed by atoms with Gasteiger partial charge in [0.05, 0.1) is 19.7 Å². The van der Waals surface area contributed by atoms with Crippen LogP contribution in [-0.4, -0.2) is 43.5 Å². The van der Waals surface area contributed by atoms with Crippen molar-refractivity contribution >= 4 is 23.2 Å². The van der Waals surface area contributed by atoms with Crippen LogP contribution in [0.4, 0.5) is 11.4 Å². The Bertz CT molecular complexity index is 1020. The van der Waals surface area contributed by atoms with Gasteiger partial charge in [-0.1, -0.05) is 48.5 Å². The van der Waals surface area contributed by atoms with Crippen LogP contribution in [0.2, 0.25) is 0 Å². The molecule has 6 nitrogen and oxygen atoms in total. The highest BCUT2D eigenvalue weighted by molar-refractivity contribution is 5.99. The number of carbonyl (C=O) groups excluding carboxylic acids is 2. The monoisotopic (exact) mass is 417 g/mol. The number of benzene rings is 3. The van der Waals surface area contributed by atoms with Crippen molar-refractivity contribution in [1.29, 1.82) is 0 Å². The van der Waals surface area contributed by atoms with E-state index in [4.69, 9.17) is 4.74 Å². The Morgan fingerprint density at radius 2 is 1.55 bits per heavy atom. The second-order valence-electron chi connectivity index (χ2n) is 7.27. The first-order valence-corrected chi connectivity index (χ1v) is 10.1. The lowest BCUT2D eigenvalue weighted by atomic mass is 10.0. The maximum Gasteiger partial charge on any atom is 0.241 e. The van der Waals surface area contributed by atoms with E-state index in [0.29, 0.717) is 5.69 Å². The van der Waals surface area contributed by atoms with Crippen LogP contribution in [0.3, 0.4) is 0 Å². The third-order valence-corrected chi connectivity index (χ3v) is 5.08. The minimum Gasteiger partial charge on any atom is -0.497 e. The average Bonchev–Trinajstić information content (AvgIpc) is 2.79. The van der Waals surface area contributed by atoms with E-state index in [0.717, 1.165) is 22.6 Å². The maximum absolute atomic E-state index is 12.8. The van der Waals surface area contributed by atoms with Crippen LogP contribution in [0, 0.1) is 0 Å². The number of para-hydroxylation sites is 1. The Balaban J connectivity index is 1.60. The molecule has 0 fully saturated rings. The van der Waals surface area contributed by atoms with Gasteiger partial charge in [0.2, 0.25) is 11.8 Å². The van der Waals surface area contributed by atoms with E-state index >= 15 is 0 Å². The van der Waals surface area contributed by atoms with E-state index in [1.807, 2.05) is 54.6 Å². The smallest absolute Gasteiger partial charge is 0.241 e. The molecule has 0 radical (unpaired) electrons. The Labute approximate surface area is 182 Å². The number of amides is 2. The van der Waals surface area contributed by atoms with Gasteiger partial charge in [0, 0.05) is 16.9 Å². The van der Waals surface area contributed by atoms with Crippen molar-refractivity contribution in [2.75, 3.05) is 31.3 Å². The summed E-state index contributed by atoms with van der Waals surface area (Å²) in [4.78, 5) is 26.9. The summed E-state index contributed by atoms with van der Waals surface area (Å²) in [6, 6.07) is 24.2. The van der Waals surface area contributed by atoms with Crippen molar-refractivity contribution in [3.05, 3.63) is 78.9 Å². The van der Waals surface area contributed by atoms with Crippen LogP contribution in [0.15, 0.2) is 78.9 Å². The summed E-state index contributed by atoms with van der Waals surface area (Å²) in [5.41, 5.74) is 3.39. The molecule has 31 heavy (non-hydrogen) atoms. The van der Waals surface area contributed by atoms with Gasteiger partial charge in [0.25, 0.3) is 0 Å². The van der Waals surface area contributed by atoms with Crippen molar-refractivity contribution in [2.45, 2.75) is 13.0 Å². The van der Waals surface area contributed by atoms with E-state index < -0.39 is 6.04 Å². The molecule has 0 spiro atoms. The van der Waals surface area contributed by atoms with Gasteiger partial charge in [0.15, 0.2) is 0 Å². The maximum atomic E-state index is 12.8. The van der Waals surface area contributed by atoms with Crippen molar-refractivity contribution in [3.63, 3.8) is 0 Å². The number of hydrogen-bond donors (Lipinski definition) is 2. The number of ether oxygens (including phenoxy) is 1. The standard InChI is InChI=1S/C25H27N3O3/c1-18(28(2)17-24(29)26-20-13-15-21(31-3)16-14-20)25(30)27-23-12-8-7-11-22(23)19-9-5-4-6-10-19/h4-16,18H,17H2,1-3H3,(H,26,29)(H,27,30)/t18-/m0/s1. The lowest BCUT2D eigenvalue weighted by Crippen LogP contribution is -2.43. The van der Waals surface area contributed by atoms with Gasteiger partial charge in [-0.2, -0.15) is 0 Å². The zero-order chi connectivity index (χ0) is 22.2. The summed E-state index contributed by atoms with van der Waals surface area (Å²) in [7, 11) is 3.34. The first-order valence-electron chi connectivity index (χ1n) is 10.1. The molecule has 0 saturated heterocycles. The lowest BCUT2D eigenvalue weighted by molar-refractivity contribution is -0.122. The number of hydrogen-bond acceptors (Lipinski definition) is 4. The first kappa shape index (κ1) is 22.1. The number of anilines is 2. The summed E-state index contributed by atoms with van der Waals surface area (Å²) in [5.74, 6) is 0.344. The van der Waals surface area contributed by atoms with Crippen LogP contribution in [0.5, 0.6) is 5.75 Å². The van der Waals surface area contributed by atoms with E-state index in [9.17, 15) is 9.59 Å². The third kappa shape index (κ3) is 5.93. The molecule has 0 aromatic heterocycles. The number of rotatable bonds is 8. The number of nitrogens with zero attached hydrogens (tertiary/aromatic N) is 1. The second kappa shape index (κ2) is 10.4. The van der Waals surface area contributed by atoms with Gasteiger partial charge in [-0.05, 0) is 49.9 Å². The molecule has 3 aromatic carbocycles. The van der Waals surface area contributed by atoms with Gasteiger partial charge in [0.1, 0.15) is 5.75 Å². The molecule has 3 rings (SSSR count). The van der Waals surface area contributed by atoms with Crippen LogP contribution in [-0.2, 0) is 9.59 Å². The van der Waals surface area contributed by atoms with Gasteiger partial charge in [-0.25, -0.2) is 0 Å². The molecule has 1 atom stereocenters. The zero-order valence-electron chi connectivity index (χ0n) is 18.0. The van der Waals surface area contributed by atoms with E-state index in [2.05, 4.69) is 10.6 Å².